The van der Waals surface area contributed by atoms with Crippen LogP contribution in [0.1, 0.15) is 20.8 Å². The molecule has 0 saturated heterocycles. The maximum absolute atomic E-state index is 11.1. The smallest absolute Gasteiger partial charge is 0.548 e. The molecular formula is C11H14KN3O4. The van der Waals surface area contributed by atoms with Crippen LogP contribution >= 0.6 is 0 Å². The van der Waals surface area contributed by atoms with E-state index in [4.69, 9.17) is 0 Å². The van der Waals surface area contributed by atoms with Gasteiger partial charge in [-0.1, -0.05) is 20.8 Å². The van der Waals surface area contributed by atoms with Gasteiger partial charge >= 0.3 is 57.1 Å². The monoisotopic (exact) mass is 291 g/mol. The van der Waals surface area contributed by atoms with Crippen LogP contribution < -0.4 is 61.8 Å². The summed E-state index contributed by atoms with van der Waals surface area (Å²) in [5, 5.41) is 24.5. The predicted octanol–water partition coefficient (Wildman–Crippen LogP) is -2.43. The normalized spacial score (nSPS) is 12.2. The number of carbonyl (C=O) groups is 1. The summed E-state index contributed by atoms with van der Waals surface area (Å²) in [6.07, 6.45) is 2.42. The number of aliphatic carboxylic acids is 1. The molecule has 1 aromatic rings. The Labute approximate surface area is 153 Å². The fourth-order valence-corrected chi connectivity index (χ4v) is 1.44. The number of rotatable bonds is 4. The molecule has 0 aliphatic rings. The van der Waals surface area contributed by atoms with Crippen molar-refractivity contribution in [1.82, 2.24) is 4.98 Å². The van der Waals surface area contributed by atoms with E-state index in [2.05, 4.69) is 10.3 Å². The Bertz CT molecular complexity index is 473. The molecule has 8 heteroatoms. The number of pyridine rings is 1. The van der Waals surface area contributed by atoms with Crippen LogP contribution in [0.25, 0.3) is 0 Å². The van der Waals surface area contributed by atoms with E-state index < -0.39 is 22.3 Å². The first-order valence-electron chi connectivity index (χ1n) is 5.29. The quantitative estimate of drug-likeness (QED) is 0.375. The molecule has 0 aromatic carbocycles. The van der Waals surface area contributed by atoms with Gasteiger partial charge in [-0.05, 0) is 11.5 Å². The molecule has 19 heavy (non-hydrogen) atoms. The van der Waals surface area contributed by atoms with Gasteiger partial charge in [0.15, 0.2) is 0 Å². The Hall–Kier alpha value is -0.544. The van der Waals surface area contributed by atoms with Crippen molar-refractivity contribution in [2.45, 2.75) is 26.8 Å². The summed E-state index contributed by atoms with van der Waals surface area (Å²) in [7, 11) is 0. The zero-order valence-electron chi connectivity index (χ0n) is 11.3. The van der Waals surface area contributed by atoms with Gasteiger partial charge < -0.3 is 15.2 Å². The molecule has 0 saturated carbocycles. The number of hydrogen-bond donors (Lipinski definition) is 1. The van der Waals surface area contributed by atoms with Crippen molar-refractivity contribution in [2.24, 2.45) is 5.41 Å². The summed E-state index contributed by atoms with van der Waals surface area (Å²) in [6, 6.07) is 0.318. The number of nitrogens with one attached hydrogen (secondary N) is 1. The SMILES string of the molecule is CC(C)(C)[C@H](Nc1ccncc1[N+](=O)[O-])C(=O)[O-].[K+]. The summed E-state index contributed by atoms with van der Waals surface area (Å²) in [6.45, 7) is 5.11. The van der Waals surface area contributed by atoms with Crippen molar-refractivity contribution in [1.29, 1.82) is 0 Å². The number of carbonyl (C=O) groups excluding carboxylic acids is 1. The minimum absolute atomic E-state index is 0. The summed E-state index contributed by atoms with van der Waals surface area (Å²) in [4.78, 5) is 24.9. The van der Waals surface area contributed by atoms with E-state index in [1.807, 2.05) is 0 Å². The van der Waals surface area contributed by atoms with Crippen LogP contribution in [0.4, 0.5) is 11.4 Å². The zero-order chi connectivity index (χ0) is 13.9. The van der Waals surface area contributed by atoms with Gasteiger partial charge in [0.05, 0.1) is 16.9 Å². The van der Waals surface area contributed by atoms with Crippen molar-refractivity contribution >= 4 is 17.3 Å². The molecule has 0 amide bonds. The van der Waals surface area contributed by atoms with E-state index in [0.29, 0.717) is 0 Å². The maximum atomic E-state index is 11.1. The van der Waals surface area contributed by atoms with Gasteiger partial charge in [-0.25, -0.2) is 0 Å². The van der Waals surface area contributed by atoms with Crippen LogP contribution in [0.3, 0.4) is 0 Å². The van der Waals surface area contributed by atoms with Gasteiger partial charge in [0.1, 0.15) is 11.9 Å². The predicted molar refractivity (Wildman–Crippen MR) is 62.8 cm³/mol. The minimum Gasteiger partial charge on any atom is -0.548 e. The van der Waals surface area contributed by atoms with Gasteiger partial charge in [0.2, 0.25) is 0 Å². The first-order valence-corrected chi connectivity index (χ1v) is 5.29. The number of nitro groups is 1. The van der Waals surface area contributed by atoms with E-state index in [1.54, 1.807) is 20.8 Å². The van der Waals surface area contributed by atoms with Crippen molar-refractivity contribution in [3.05, 3.63) is 28.6 Å². The van der Waals surface area contributed by atoms with Gasteiger partial charge in [0.25, 0.3) is 0 Å². The van der Waals surface area contributed by atoms with Crippen LogP contribution in [0, 0.1) is 15.5 Å². The molecule has 1 atom stereocenters. The zero-order valence-corrected chi connectivity index (χ0v) is 14.5. The maximum Gasteiger partial charge on any atom is 1.00 e. The molecule has 0 unspecified atom stereocenters. The van der Waals surface area contributed by atoms with E-state index in [0.717, 1.165) is 6.20 Å². The Morgan fingerprint density at radius 3 is 2.47 bits per heavy atom. The molecule has 1 heterocycles. The van der Waals surface area contributed by atoms with Crippen LogP contribution in [-0.2, 0) is 4.79 Å². The fraction of sp³-hybridized carbons (Fsp3) is 0.455. The van der Waals surface area contributed by atoms with Gasteiger partial charge in [0, 0.05) is 6.20 Å². The molecule has 0 spiro atoms. The molecule has 7 nitrogen and oxygen atoms in total. The Morgan fingerprint density at radius 1 is 1.47 bits per heavy atom. The van der Waals surface area contributed by atoms with Gasteiger partial charge in [-0.2, -0.15) is 0 Å². The van der Waals surface area contributed by atoms with Gasteiger partial charge in [-0.3, -0.25) is 15.1 Å². The number of carboxylic acid groups (broad SMARTS) is 1. The first kappa shape index (κ1) is 18.5. The largest absolute Gasteiger partial charge is 1.00 e. The van der Waals surface area contributed by atoms with E-state index in [-0.39, 0.29) is 62.8 Å². The van der Waals surface area contributed by atoms with Crippen molar-refractivity contribution < 1.29 is 66.2 Å². The number of carboxylic acids is 1. The fourth-order valence-electron chi connectivity index (χ4n) is 1.44. The minimum atomic E-state index is -1.31. The van der Waals surface area contributed by atoms with E-state index >= 15 is 0 Å². The summed E-state index contributed by atoms with van der Waals surface area (Å²) in [5.41, 5.74) is -0.803. The van der Waals surface area contributed by atoms with Crippen molar-refractivity contribution in [3.8, 4) is 0 Å². The third-order valence-corrected chi connectivity index (χ3v) is 2.40. The molecular weight excluding hydrogens is 277 g/mol. The second kappa shape index (κ2) is 7.30. The van der Waals surface area contributed by atoms with E-state index in [1.165, 1.54) is 12.3 Å². The van der Waals surface area contributed by atoms with Crippen LogP contribution in [0.15, 0.2) is 18.5 Å². The Morgan fingerprint density at radius 2 is 2.05 bits per heavy atom. The molecule has 0 radical (unpaired) electrons. The summed E-state index contributed by atoms with van der Waals surface area (Å²) in [5.74, 6) is -1.31. The summed E-state index contributed by atoms with van der Waals surface area (Å²) < 4.78 is 0. The van der Waals surface area contributed by atoms with Crippen LogP contribution in [-0.4, -0.2) is 21.9 Å². The number of nitrogens with zero attached hydrogens (tertiary/aromatic N) is 2. The molecule has 1 N–H and O–H groups in total. The van der Waals surface area contributed by atoms with Crippen molar-refractivity contribution in [3.63, 3.8) is 0 Å². The second-order valence-electron chi connectivity index (χ2n) is 4.91. The van der Waals surface area contributed by atoms with E-state index in [9.17, 15) is 20.0 Å². The average molecular weight is 291 g/mol. The standard InChI is InChI=1S/C11H15N3O4.K/c1-11(2,3)9(10(15)16)13-7-4-5-12-6-8(7)14(17)18;/h4-6,9H,1-3H3,(H,12,13)(H,15,16);/q;+1/p-1/t9-;/m1./s1. The molecule has 1 rings (SSSR count). The van der Waals surface area contributed by atoms with Crippen molar-refractivity contribution in [2.75, 3.05) is 5.32 Å². The summed E-state index contributed by atoms with van der Waals surface area (Å²) >= 11 is 0. The number of hydrogen-bond acceptors (Lipinski definition) is 6. The topological polar surface area (TPSA) is 108 Å². The van der Waals surface area contributed by atoms with Gasteiger partial charge in [-0.15, -0.1) is 0 Å². The molecule has 1 aromatic heterocycles. The third-order valence-electron chi connectivity index (χ3n) is 2.40. The molecule has 0 bridgehead atoms. The number of anilines is 1. The van der Waals surface area contributed by atoms with Crippen LogP contribution in [0.5, 0.6) is 0 Å². The Balaban J connectivity index is 0.00000324. The molecule has 0 fully saturated rings. The van der Waals surface area contributed by atoms with Crippen LogP contribution in [0.2, 0.25) is 0 Å². The second-order valence-corrected chi connectivity index (χ2v) is 4.91. The third kappa shape index (κ3) is 5.15. The molecule has 98 valence electrons. The molecule has 0 aliphatic carbocycles. The number of aromatic nitrogens is 1. The molecule has 0 aliphatic heterocycles. The first-order chi connectivity index (χ1) is 8.23. The Kier molecular flexibility index (Phi) is 7.09. The average Bonchev–Trinajstić information content (AvgIpc) is 2.24.